The van der Waals surface area contributed by atoms with Crippen molar-refractivity contribution in [3.8, 4) is 0 Å². The topological polar surface area (TPSA) is 83.6 Å². The van der Waals surface area contributed by atoms with Gasteiger partial charge in [0, 0.05) is 17.2 Å². The van der Waals surface area contributed by atoms with Gasteiger partial charge in [0.25, 0.3) is 0 Å². The molecule has 96 valence electrons. The second-order valence-electron chi connectivity index (χ2n) is 4.01. The number of rotatable bonds is 3. The number of nitrogens with zero attached hydrogens (tertiary/aromatic N) is 1. The average Bonchev–Trinajstić information content (AvgIpc) is 2.36. The van der Waals surface area contributed by atoms with Gasteiger partial charge in [0.2, 0.25) is 5.91 Å². The Labute approximate surface area is 109 Å². The van der Waals surface area contributed by atoms with E-state index in [0.29, 0.717) is 6.54 Å². The lowest BCUT2D eigenvalue weighted by molar-refractivity contribution is -0.139. The number of fused-ring (bicyclic) bond motifs is 1. The molecule has 1 aliphatic heterocycles. The summed E-state index contributed by atoms with van der Waals surface area (Å²) in [5.41, 5.74) is 6.45. The van der Waals surface area contributed by atoms with Crippen molar-refractivity contribution in [1.82, 2.24) is 0 Å². The number of benzene rings is 1. The average molecular weight is 266 g/mol. The largest absolute Gasteiger partial charge is 0.481 e. The predicted molar refractivity (Wildman–Crippen MR) is 69.7 cm³/mol. The van der Waals surface area contributed by atoms with Crippen LogP contribution in [0.25, 0.3) is 0 Å². The molecule has 3 N–H and O–H groups in total. The van der Waals surface area contributed by atoms with E-state index in [9.17, 15) is 9.59 Å². The molecular formula is C12H14N2O3S. The molecule has 0 aromatic heterocycles. The lowest BCUT2D eigenvalue weighted by Crippen LogP contribution is -2.47. The Kier molecular flexibility index (Phi) is 3.88. The summed E-state index contributed by atoms with van der Waals surface area (Å²) >= 11 is 1.68. The zero-order valence-corrected chi connectivity index (χ0v) is 10.5. The van der Waals surface area contributed by atoms with E-state index in [0.717, 1.165) is 16.3 Å². The monoisotopic (exact) mass is 266 g/mol. The lowest BCUT2D eigenvalue weighted by Gasteiger charge is -2.30. The lowest BCUT2D eigenvalue weighted by atomic mass is 10.1. The normalized spacial score (nSPS) is 15.9. The molecule has 1 heterocycles. The molecule has 1 aromatic rings. The third kappa shape index (κ3) is 2.65. The minimum Gasteiger partial charge on any atom is -0.481 e. The maximum atomic E-state index is 12.1. The summed E-state index contributed by atoms with van der Waals surface area (Å²) in [4.78, 5) is 25.3. The molecule has 0 spiro atoms. The molecule has 5 nitrogen and oxygen atoms in total. The molecule has 1 atom stereocenters. The number of hydrogen-bond donors (Lipinski definition) is 2. The van der Waals surface area contributed by atoms with Crippen LogP contribution in [0.3, 0.4) is 0 Å². The van der Waals surface area contributed by atoms with E-state index in [1.165, 1.54) is 0 Å². The van der Waals surface area contributed by atoms with Crippen molar-refractivity contribution in [3.63, 3.8) is 0 Å². The van der Waals surface area contributed by atoms with E-state index in [1.807, 2.05) is 24.3 Å². The molecule has 6 heteroatoms. The Hall–Kier alpha value is -1.53. The van der Waals surface area contributed by atoms with Crippen LogP contribution in [-0.4, -0.2) is 35.3 Å². The van der Waals surface area contributed by atoms with Crippen molar-refractivity contribution < 1.29 is 14.7 Å². The first-order valence-electron chi connectivity index (χ1n) is 5.60. The molecule has 1 aliphatic rings. The van der Waals surface area contributed by atoms with E-state index in [4.69, 9.17) is 10.8 Å². The van der Waals surface area contributed by atoms with Crippen molar-refractivity contribution in [1.29, 1.82) is 0 Å². The fourth-order valence-electron chi connectivity index (χ4n) is 1.87. The second kappa shape index (κ2) is 5.41. The molecule has 1 unspecified atom stereocenters. The number of carboxylic acid groups (broad SMARTS) is 1. The first kappa shape index (κ1) is 12.9. The molecule has 0 bridgehead atoms. The Bertz CT molecular complexity index is 478. The van der Waals surface area contributed by atoms with Gasteiger partial charge in [-0.05, 0) is 12.1 Å². The van der Waals surface area contributed by atoms with E-state index >= 15 is 0 Å². The third-order valence-corrected chi connectivity index (χ3v) is 3.75. The van der Waals surface area contributed by atoms with Crippen molar-refractivity contribution in [2.45, 2.75) is 17.4 Å². The van der Waals surface area contributed by atoms with Crippen LogP contribution in [0.1, 0.15) is 6.42 Å². The number of amides is 1. The van der Waals surface area contributed by atoms with E-state index in [2.05, 4.69) is 0 Å². The smallest absolute Gasteiger partial charge is 0.305 e. The van der Waals surface area contributed by atoms with Gasteiger partial charge in [0.1, 0.15) is 0 Å². The molecule has 0 radical (unpaired) electrons. The van der Waals surface area contributed by atoms with Crippen molar-refractivity contribution in [2.75, 3.05) is 17.2 Å². The number of para-hydroxylation sites is 1. The highest BCUT2D eigenvalue weighted by molar-refractivity contribution is 7.99. The zero-order chi connectivity index (χ0) is 13.1. The Balaban J connectivity index is 2.20. The van der Waals surface area contributed by atoms with Gasteiger partial charge in [-0.3, -0.25) is 9.59 Å². The number of aliphatic carboxylic acids is 1. The molecule has 2 rings (SSSR count). The molecule has 0 fully saturated rings. The van der Waals surface area contributed by atoms with Crippen LogP contribution in [0.15, 0.2) is 29.2 Å². The van der Waals surface area contributed by atoms with Crippen LogP contribution in [-0.2, 0) is 9.59 Å². The third-order valence-electron chi connectivity index (χ3n) is 2.71. The SMILES string of the molecule is NC(CC(=O)O)C(=O)N1CCSc2ccccc21. The minimum atomic E-state index is -1.06. The number of carbonyl (C=O) groups is 2. The van der Waals surface area contributed by atoms with Crippen LogP contribution >= 0.6 is 11.8 Å². The number of nitrogens with two attached hydrogens (primary N) is 1. The molecule has 18 heavy (non-hydrogen) atoms. The van der Waals surface area contributed by atoms with E-state index in [1.54, 1.807) is 16.7 Å². The van der Waals surface area contributed by atoms with Crippen LogP contribution in [0.4, 0.5) is 5.69 Å². The Morgan fingerprint density at radius 2 is 2.17 bits per heavy atom. The maximum Gasteiger partial charge on any atom is 0.305 e. The summed E-state index contributed by atoms with van der Waals surface area (Å²) in [7, 11) is 0. The van der Waals surface area contributed by atoms with Gasteiger partial charge in [0.05, 0.1) is 18.2 Å². The van der Waals surface area contributed by atoms with Crippen LogP contribution in [0, 0.1) is 0 Å². The summed E-state index contributed by atoms with van der Waals surface area (Å²) in [5.74, 6) is -0.594. The first-order valence-corrected chi connectivity index (χ1v) is 6.58. The van der Waals surface area contributed by atoms with E-state index < -0.39 is 12.0 Å². The summed E-state index contributed by atoms with van der Waals surface area (Å²) in [6.45, 7) is 0.563. The molecule has 1 amide bonds. The van der Waals surface area contributed by atoms with Gasteiger partial charge >= 0.3 is 5.97 Å². The van der Waals surface area contributed by atoms with Crippen LogP contribution in [0.5, 0.6) is 0 Å². The number of carboxylic acids is 1. The highest BCUT2D eigenvalue weighted by atomic mass is 32.2. The fourth-order valence-corrected chi connectivity index (χ4v) is 2.87. The van der Waals surface area contributed by atoms with Crippen molar-refractivity contribution >= 4 is 29.3 Å². The number of hydrogen-bond acceptors (Lipinski definition) is 4. The second-order valence-corrected chi connectivity index (χ2v) is 5.15. The fraction of sp³-hybridized carbons (Fsp3) is 0.333. The van der Waals surface area contributed by atoms with Gasteiger partial charge in [-0.25, -0.2) is 0 Å². The van der Waals surface area contributed by atoms with Crippen LogP contribution < -0.4 is 10.6 Å². The van der Waals surface area contributed by atoms with Crippen molar-refractivity contribution in [2.24, 2.45) is 5.73 Å². The minimum absolute atomic E-state index is 0.329. The van der Waals surface area contributed by atoms with Gasteiger partial charge in [-0.15, -0.1) is 11.8 Å². The molecule has 1 aromatic carbocycles. The van der Waals surface area contributed by atoms with Crippen LogP contribution in [0.2, 0.25) is 0 Å². The number of carbonyl (C=O) groups excluding carboxylic acids is 1. The Morgan fingerprint density at radius 3 is 2.89 bits per heavy atom. The first-order chi connectivity index (χ1) is 8.59. The Morgan fingerprint density at radius 1 is 1.44 bits per heavy atom. The highest BCUT2D eigenvalue weighted by Gasteiger charge is 2.27. The highest BCUT2D eigenvalue weighted by Crippen LogP contribution is 2.34. The summed E-state index contributed by atoms with van der Waals surface area (Å²) in [6, 6.07) is 6.58. The molecule has 0 saturated heterocycles. The van der Waals surface area contributed by atoms with Gasteiger partial charge in [-0.1, -0.05) is 12.1 Å². The molecular weight excluding hydrogens is 252 g/mol. The summed E-state index contributed by atoms with van der Waals surface area (Å²) in [6.07, 6.45) is -0.343. The van der Waals surface area contributed by atoms with Crippen molar-refractivity contribution in [3.05, 3.63) is 24.3 Å². The van der Waals surface area contributed by atoms with Gasteiger partial charge in [-0.2, -0.15) is 0 Å². The summed E-state index contributed by atoms with van der Waals surface area (Å²) < 4.78 is 0. The predicted octanol–water partition coefficient (Wildman–Crippen LogP) is 0.927. The quantitative estimate of drug-likeness (QED) is 0.850. The standard InChI is InChI=1S/C12H14N2O3S/c13-8(7-11(15)16)12(17)14-5-6-18-10-4-2-1-3-9(10)14/h1-4,8H,5-7,13H2,(H,15,16). The summed E-state index contributed by atoms with van der Waals surface area (Å²) in [5, 5.41) is 8.67. The van der Waals surface area contributed by atoms with E-state index in [-0.39, 0.29) is 12.3 Å². The maximum absolute atomic E-state index is 12.1. The van der Waals surface area contributed by atoms with Gasteiger partial charge < -0.3 is 15.7 Å². The molecule has 0 saturated carbocycles. The number of anilines is 1. The zero-order valence-electron chi connectivity index (χ0n) is 9.70. The van der Waals surface area contributed by atoms with Gasteiger partial charge in [0.15, 0.2) is 0 Å². The molecule has 0 aliphatic carbocycles. The number of thioether (sulfide) groups is 1.